The van der Waals surface area contributed by atoms with Gasteiger partial charge in [-0.3, -0.25) is 11.3 Å². The molecule has 96 valence electrons. The summed E-state index contributed by atoms with van der Waals surface area (Å²) in [5, 5.41) is 3.45. The van der Waals surface area contributed by atoms with E-state index in [1.165, 1.54) is 15.6 Å². The second-order valence-corrected chi connectivity index (χ2v) is 5.79. The molecule has 0 saturated carbocycles. The Morgan fingerprint density at radius 3 is 3.17 bits per heavy atom. The number of rotatable bonds is 4. The summed E-state index contributed by atoms with van der Waals surface area (Å²) < 4.78 is 6.79. The first-order chi connectivity index (χ1) is 8.88. The van der Waals surface area contributed by atoms with Crippen LogP contribution >= 0.6 is 11.3 Å². The number of hydrogen-bond acceptors (Lipinski definition) is 4. The highest BCUT2D eigenvalue weighted by Gasteiger charge is 2.22. The maximum absolute atomic E-state index is 5.76. The predicted molar refractivity (Wildman–Crippen MR) is 75.4 cm³/mol. The minimum atomic E-state index is 0.221. The minimum absolute atomic E-state index is 0.221. The Morgan fingerprint density at radius 2 is 2.39 bits per heavy atom. The number of hydrazine groups is 1. The van der Waals surface area contributed by atoms with Crippen LogP contribution in [0.25, 0.3) is 10.1 Å². The maximum Gasteiger partial charge on any atom is 0.0495 e. The Morgan fingerprint density at radius 1 is 1.44 bits per heavy atom. The van der Waals surface area contributed by atoms with Crippen molar-refractivity contribution in [1.82, 2.24) is 5.43 Å². The Balaban J connectivity index is 1.87. The quantitative estimate of drug-likeness (QED) is 0.658. The van der Waals surface area contributed by atoms with Crippen LogP contribution in [-0.2, 0) is 4.74 Å². The molecule has 1 fully saturated rings. The van der Waals surface area contributed by atoms with Crippen LogP contribution in [0.4, 0.5) is 0 Å². The molecule has 3 nitrogen and oxygen atoms in total. The van der Waals surface area contributed by atoms with Crippen LogP contribution in [-0.4, -0.2) is 13.2 Å². The Bertz CT molecular complexity index is 519. The second kappa shape index (κ2) is 5.36. The van der Waals surface area contributed by atoms with E-state index in [4.69, 9.17) is 10.6 Å². The number of ether oxygens (including phenoxy) is 1. The zero-order valence-corrected chi connectivity index (χ0v) is 11.1. The molecule has 4 heteroatoms. The van der Waals surface area contributed by atoms with Gasteiger partial charge in [0, 0.05) is 24.0 Å². The van der Waals surface area contributed by atoms with Crippen LogP contribution in [0.5, 0.6) is 0 Å². The average molecular weight is 262 g/mol. The molecule has 3 rings (SSSR count). The molecule has 2 heterocycles. The number of hydrogen-bond donors (Lipinski definition) is 2. The molecule has 3 N–H and O–H groups in total. The van der Waals surface area contributed by atoms with Crippen molar-refractivity contribution in [1.29, 1.82) is 0 Å². The zero-order chi connectivity index (χ0) is 12.4. The van der Waals surface area contributed by atoms with Gasteiger partial charge < -0.3 is 4.74 Å². The minimum Gasteiger partial charge on any atom is -0.381 e. The lowest BCUT2D eigenvalue weighted by molar-refractivity contribution is 0.181. The van der Waals surface area contributed by atoms with Gasteiger partial charge in [-0.2, -0.15) is 0 Å². The highest BCUT2D eigenvalue weighted by molar-refractivity contribution is 7.17. The molecule has 2 unspecified atom stereocenters. The van der Waals surface area contributed by atoms with E-state index < -0.39 is 0 Å². The summed E-state index contributed by atoms with van der Waals surface area (Å²) in [7, 11) is 0. The third kappa shape index (κ3) is 2.29. The second-order valence-electron chi connectivity index (χ2n) is 4.87. The van der Waals surface area contributed by atoms with E-state index in [2.05, 4.69) is 35.1 Å². The monoisotopic (exact) mass is 262 g/mol. The molecule has 2 aromatic rings. The largest absolute Gasteiger partial charge is 0.381 e. The number of nitrogens with two attached hydrogens (primary N) is 1. The van der Waals surface area contributed by atoms with Crippen LogP contribution in [0.2, 0.25) is 0 Å². The van der Waals surface area contributed by atoms with Gasteiger partial charge in [-0.1, -0.05) is 18.2 Å². The van der Waals surface area contributed by atoms with Crippen LogP contribution in [0, 0.1) is 5.92 Å². The first-order valence-corrected chi connectivity index (χ1v) is 7.26. The van der Waals surface area contributed by atoms with E-state index in [-0.39, 0.29) is 6.04 Å². The number of benzene rings is 1. The van der Waals surface area contributed by atoms with Crippen molar-refractivity contribution in [2.24, 2.45) is 11.8 Å². The summed E-state index contributed by atoms with van der Waals surface area (Å²) in [6.45, 7) is 1.77. The van der Waals surface area contributed by atoms with E-state index in [1.54, 1.807) is 11.3 Å². The van der Waals surface area contributed by atoms with Gasteiger partial charge in [-0.05, 0) is 41.2 Å². The van der Waals surface area contributed by atoms with Crippen LogP contribution in [0.3, 0.4) is 0 Å². The number of fused-ring (bicyclic) bond motifs is 1. The lowest BCUT2D eigenvalue weighted by Crippen LogP contribution is -2.29. The van der Waals surface area contributed by atoms with Gasteiger partial charge in [0.15, 0.2) is 0 Å². The van der Waals surface area contributed by atoms with Gasteiger partial charge in [0.25, 0.3) is 0 Å². The van der Waals surface area contributed by atoms with Gasteiger partial charge >= 0.3 is 0 Å². The molecule has 0 bridgehead atoms. The lowest BCUT2D eigenvalue weighted by atomic mass is 9.94. The summed E-state index contributed by atoms with van der Waals surface area (Å²) >= 11 is 1.79. The fraction of sp³-hybridized carbons (Fsp3) is 0.429. The van der Waals surface area contributed by atoms with Crippen molar-refractivity contribution >= 4 is 21.4 Å². The lowest BCUT2D eigenvalue weighted by Gasteiger charge is -2.20. The number of thiophene rings is 1. The third-order valence-corrected chi connectivity index (χ3v) is 4.66. The predicted octanol–water partition coefficient (Wildman–Crippen LogP) is 2.83. The van der Waals surface area contributed by atoms with Crippen molar-refractivity contribution in [3.05, 3.63) is 35.2 Å². The van der Waals surface area contributed by atoms with Crippen molar-refractivity contribution in [2.45, 2.75) is 18.9 Å². The molecule has 1 aromatic carbocycles. The van der Waals surface area contributed by atoms with Crippen molar-refractivity contribution in [3.8, 4) is 0 Å². The molecule has 18 heavy (non-hydrogen) atoms. The van der Waals surface area contributed by atoms with Crippen molar-refractivity contribution < 1.29 is 4.74 Å². The molecule has 1 aliphatic heterocycles. The van der Waals surface area contributed by atoms with E-state index in [0.717, 1.165) is 26.1 Å². The normalized spacial score (nSPS) is 21.5. The van der Waals surface area contributed by atoms with Crippen LogP contribution in [0.15, 0.2) is 29.6 Å². The molecule has 0 spiro atoms. The molecule has 0 aliphatic carbocycles. The SMILES string of the molecule is NNC(CC1CCOC1)c1cccc2ccsc12. The Kier molecular flexibility index (Phi) is 3.61. The molecular weight excluding hydrogens is 244 g/mol. The molecular formula is C14H18N2OS. The fourth-order valence-corrected chi connectivity index (χ4v) is 3.65. The Labute approximate surface area is 111 Å². The molecule has 2 atom stereocenters. The van der Waals surface area contributed by atoms with Gasteiger partial charge in [0.2, 0.25) is 0 Å². The highest BCUT2D eigenvalue weighted by Crippen LogP contribution is 2.33. The fourth-order valence-electron chi connectivity index (χ4n) is 2.68. The zero-order valence-electron chi connectivity index (χ0n) is 10.3. The van der Waals surface area contributed by atoms with Gasteiger partial charge in [0.05, 0.1) is 0 Å². The van der Waals surface area contributed by atoms with E-state index in [1.807, 2.05) is 0 Å². The van der Waals surface area contributed by atoms with Gasteiger partial charge in [-0.15, -0.1) is 11.3 Å². The van der Waals surface area contributed by atoms with Crippen molar-refractivity contribution in [2.75, 3.05) is 13.2 Å². The van der Waals surface area contributed by atoms with E-state index in [9.17, 15) is 0 Å². The maximum atomic E-state index is 5.76. The highest BCUT2D eigenvalue weighted by atomic mass is 32.1. The topological polar surface area (TPSA) is 47.3 Å². The first-order valence-electron chi connectivity index (χ1n) is 6.38. The number of nitrogens with one attached hydrogen (secondary N) is 1. The van der Waals surface area contributed by atoms with E-state index in [0.29, 0.717) is 5.92 Å². The third-order valence-electron chi connectivity index (χ3n) is 3.68. The summed E-state index contributed by atoms with van der Waals surface area (Å²) in [5.74, 6) is 6.38. The molecule has 1 aromatic heterocycles. The Hall–Kier alpha value is -0.940. The van der Waals surface area contributed by atoms with Crippen molar-refractivity contribution in [3.63, 3.8) is 0 Å². The summed E-state index contributed by atoms with van der Waals surface area (Å²) in [6, 6.07) is 8.83. The smallest absolute Gasteiger partial charge is 0.0495 e. The standard InChI is InChI=1S/C14H18N2OS/c15-16-13(8-10-4-6-17-9-10)12-3-1-2-11-5-7-18-14(11)12/h1-3,5,7,10,13,16H,4,6,8-9,15H2. The van der Waals surface area contributed by atoms with Crippen LogP contribution in [0.1, 0.15) is 24.4 Å². The summed E-state index contributed by atoms with van der Waals surface area (Å²) in [6.07, 6.45) is 2.20. The first kappa shape index (κ1) is 12.1. The molecule has 0 radical (unpaired) electrons. The van der Waals surface area contributed by atoms with Gasteiger partial charge in [-0.25, -0.2) is 0 Å². The molecule has 1 saturated heterocycles. The summed E-state index contributed by atoms with van der Waals surface area (Å²) in [5.41, 5.74) is 4.29. The molecule has 1 aliphatic rings. The van der Waals surface area contributed by atoms with Gasteiger partial charge in [0.1, 0.15) is 0 Å². The van der Waals surface area contributed by atoms with E-state index >= 15 is 0 Å². The average Bonchev–Trinajstić information content (AvgIpc) is 3.06. The van der Waals surface area contributed by atoms with Crippen LogP contribution < -0.4 is 11.3 Å². The molecule has 0 amide bonds. The summed E-state index contributed by atoms with van der Waals surface area (Å²) in [4.78, 5) is 0.